The van der Waals surface area contributed by atoms with E-state index in [4.69, 9.17) is 9.90 Å². The molecule has 2 aromatic carbocycles. The Labute approximate surface area is 225 Å². The van der Waals surface area contributed by atoms with Crippen molar-refractivity contribution in [2.45, 2.75) is 43.8 Å². The lowest BCUT2D eigenvalue weighted by molar-refractivity contribution is -0.192. The first-order valence-electron chi connectivity index (χ1n) is 13.1. The number of carboxylic acid groups (broad SMARTS) is 1. The number of hydrogen-bond donors (Lipinski definition) is 3. The Morgan fingerprint density at radius 1 is 1.03 bits per heavy atom. The van der Waals surface area contributed by atoms with E-state index in [2.05, 4.69) is 56.8 Å². The number of carbonyl (C=O) groups is 3. The molecule has 2 heterocycles. The maximum Gasteiger partial charge on any atom is 0.490 e. The molecule has 2 fully saturated rings. The number of likely N-dealkylation sites (tertiary alicyclic amines) is 1. The van der Waals surface area contributed by atoms with Crippen molar-refractivity contribution in [1.29, 1.82) is 0 Å². The Balaban J connectivity index is 0.000000448. The number of nitrogens with one attached hydrogen (secondary N) is 2. The van der Waals surface area contributed by atoms with Crippen molar-refractivity contribution in [2.75, 3.05) is 37.7 Å². The van der Waals surface area contributed by atoms with E-state index in [1.165, 1.54) is 11.1 Å². The fourth-order valence-corrected chi connectivity index (χ4v) is 5.58. The number of hydrogen-bond acceptors (Lipinski definition) is 5. The van der Waals surface area contributed by atoms with Crippen molar-refractivity contribution in [2.24, 2.45) is 5.92 Å². The molecular formula is C28H33F3N4O4. The molecular weight excluding hydrogens is 513 g/mol. The number of benzene rings is 2. The molecule has 1 aliphatic carbocycles. The normalized spacial score (nSPS) is 20.4. The monoisotopic (exact) mass is 546 g/mol. The number of carbonyl (C=O) groups excluding carboxylic acids is 2. The largest absolute Gasteiger partial charge is 0.490 e. The topological polar surface area (TPSA) is 102 Å². The average molecular weight is 547 g/mol. The van der Waals surface area contributed by atoms with Gasteiger partial charge in [0.05, 0.1) is 6.67 Å². The van der Waals surface area contributed by atoms with Gasteiger partial charge in [0.25, 0.3) is 0 Å². The predicted octanol–water partition coefficient (Wildman–Crippen LogP) is 2.97. The number of rotatable bonds is 5. The van der Waals surface area contributed by atoms with Gasteiger partial charge in [-0.05, 0) is 55.4 Å². The van der Waals surface area contributed by atoms with Crippen LogP contribution in [0.1, 0.15) is 30.4 Å². The molecule has 1 unspecified atom stereocenters. The van der Waals surface area contributed by atoms with E-state index in [-0.39, 0.29) is 17.7 Å². The minimum absolute atomic E-state index is 0.0798. The molecule has 39 heavy (non-hydrogen) atoms. The molecule has 5 rings (SSSR count). The molecule has 0 radical (unpaired) electrons. The molecule has 210 valence electrons. The van der Waals surface area contributed by atoms with Crippen molar-refractivity contribution < 1.29 is 32.7 Å². The minimum atomic E-state index is -5.08. The first-order chi connectivity index (χ1) is 18.6. The third-order valence-corrected chi connectivity index (χ3v) is 7.78. The molecule has 2 amide bonds. The third kappa shape index (κ3) is 6.70. The Hall–Kier alpha value is -3.60. The summed E-state index contributed by atoms with van der Waals surface area (Å²) in [4.78, 5) is 39.0. The van der Waals surface area contributed by atoms with Gasteiger partial charge in [0, 0.05) is 37.8 Å². The zero-order valence-corrected chi connectivity index (χ0v) is 21.5. The van der Waals surface area contributed by atoms with Crippen LogP contribution in [0.25, 0.3) is 0 Å². The second-order valence-corrected chi connectivity index (χ2v) is 10.1. The van der Waals surface area contributed by atoms with Gasteiger partial charge in [-0.1, -0.05) is 42.5 Å². The molecule has 8 nitrogen and oxygen atoms in total. The number of para-hydroxylation sites is 1. The summed E-state index contributed by atoms with van der Waals surface area (Å²) in [5, 5.41) is 13.3. The molecule has 1 atom stereocenters. The second kappa shape index (κ2) is 12.1. The zero-order valence-electron chi connectivity index (χ0n) is 21.5. The molecule has 2 aliphatic heterocycles. The van der Waals surface area contributed by atoms with Crippen molar-refractivity contribution in [1.82, 2.24) is 15.5 Å². The fraction of sp³-hybridized carbons (Fsp3) is 0.464. The highest BCUT2D eigenvalue weighted by molar-refractivity contribution is 5.93. The van der Waals surface area contributed by atoms with Crippen LogP contribution < -0.4 is 15.5 Å². The van der Waals surface area contributed by atoms with E-state index in [1.54, 1.807) is 0 Å². The predicted molar refractivity (Wildman–Crippen MR) is 139 cm³/mol. The molecule has 0 aromatic heterocycles. The number of aryl methyl sites for hydroxylation is 1. The lowest BCUT2D eigenvalue weighted by Gasteiger charge is -2.43. The fourth-order valence-electron chi connectivity index (χ4n) is 5.58. The number of amides is 2. The van der Waals surface area contributed by atoms with Crippen LogP contribution >= 0.6 is 0 Å². The smallest absolute Gasteiger partial charge is 0.475 e. The van der Waals surface area contributed by atoms with Crippen LogP contribution in [-0.4, -0.2) is 72.4 Å². The molecule has 2 aromatic rings. The number of halogens is 3. The lowest BCUT2D eigenvalue weighted by Crippen LogP contribution is -2.57. The van der Waals surface area contributed by atoms with Gasteiger partial charge in [-0.15, -0.1) is 0 Å². The zero-order chi connectivity index (χ0) is 28.0. The van der Waals surface area contributed by atoms with Crippen LogP contribution in [0.5, 0.6) is 0 Å². The highest BCUT2D eigenvalue weighted by Crippen LogP contribution is 2.36. The van der Waals surface area contributed by atoms with Gasteiger partial charge in [-0.3, -0.25) is 9.59 Å². The quantitative estimate of drug-likeness (QED) is 0.533. The molecule has 1 spiro atoms. The summed E-state index contributed by atoms with van der Waals surface area (Å²) >= 11 is 0. The number of piperidine rings is 1. The number of anilines is 1. The summed E-state index contributed by atoms with van der Waals surface area (Å²) in [6, 6.07) is 18.7. The molecule has 3 N–H and O–H groups in total. The van der Waals surface area contributed by atoms with Gasteiger partial charge in [-0.25, -0.2) is 4.79 Å². The third-order valence-electron chi connectivity index (χ3n) is 7.78. The van der Waals surface area contributed by atoms with Crippen molar-refractivity contribution >= 4 is 23.5 Å². The lowest BCUT2D eigenvalue weighted by atomic mass is 9.83. The SMILES string of the molecule is O=C(NCCN1CCC2(CC1)C(=O)NCN2c1ccccc1)C1CCc2ccccc2C1.O=C(O)C(F)(F)F. The summed E-state index contributed by atoms with van der Waals surface area (Å²) in [5.74, 6) is -2.35. The Kier molecular flexibility index (Phi) is 8.79. The number of fused-ring (bicyclic) bond motifs is 1. The van der Waals surface area contributed by atoms with E-state index in [0.717, 1.165) is 57.4 Å². The van der Waals surface area contributed by atoms with Gasteiger partial charge in [0.2, 0.25) is 11.8 Å². The first-order valence-corrected chi connectivity index (χ1v) is 13.1. The van der Waals surface area contributed by atoms with Gasteiger partial charge >= 0.3 is 12.1 Å². The van der Waals surface area contributed by atoms with Crippen molar-refractivity contribution in [3.05, 3.63) is 65.7 Å². The summed E-state index contributed by atoms with van der Waals surface area (Å²) in [5.41, 5.74) is 3.36. The van der Waals surface area contributed by atoms with Gasteiger partial charge in [0.1, 0.15) is 5.54 Å². The standard InChI is InChI=1S/C26H32N4O2.C2HF3O2/c31-24(22-11-10-20-6-4-5-7-21(20)18-22)27-14-17-29-15-12-26(13-16-29)25(32)28-19-30(26)23-8-2-1-3-9-23;3-2(4,5)1(6)7/h1-9,22H,10-19H2,(H,27,31)(H,28,32);(H,6,7). The first kappa shape index (κ1) is 28.4. The summed E-state index contributed by atoms with van der Waals surface area (Å²) in [7, 11) is 0. The van der Waals surface area contributed by atoms with Crippen LogP contribution in [0.15, 0.2) is 54.6 Å². The molecule has 11 heteroatoms. The van der Waals surface area contributed by atoms with Gasteiger partial charge < -0.3 is 25.5 Å². The number of aliphatic carboxylic acids is 1. The Morgan fingerprint density at radius 3 is 2.28 bits per heavy atom. The van der Waals surface area contributed by atoms with Gasteiger partial charge in [-0.2, -0.15) is 13.2 Å². The summed E-state index contributed by atoms with van der Waals surface area (Å²) < 4.78 is 31.7. The number of alkyl halides is 3. The van der Waals surface area contributed by atoms with E-state index < -0.39 is 17.7 Å². The Morgan fingerprint density at radius 2 is 1.64 bits per heavy atom. The maximum atomic E-state index is 12.8. The number of carboxylic acids is 1. The molecule has 3 aliphatic rings. The molecule has 0 bridgehead atoms. The van der Waals surface area contributed by atoms with E-state index >= 15 is 0 Å². The summed E-state index contributed by atoms with van der Waals surface area (Å²) in [6.07, 6.45) is -0.706. The Bertz CT molecular complexity index is 1170. The maximum absolute atomic E-state index is 12.8. The van der Waals surface area contributed by atoms with E-state index in [0.29, 0.717) is 13.2 Å². The van der Waals surface area contributed by atoms with Crippen molar-refractivity contribution in [3.8, 4) is 0 Å². The van der Waals surface area contributed by atoms with Crippen LogP contribution in [0.3, 0.4) is 0 Å². The highest BCUT2D eigenvalue weighted by Gasteiger charge is 2.50. The van der Waals surface area contributed by atoms with Crippen LogP contribution in [-0.2, 0) is 27.2 Å². The van der Waals surface area contributed by atoms with Crippen LogP contribution in [0, 0.1) is 5.92 Å². The molecule has 0 saturated carbocycles. The number of nitrogens with zero attached hydrogens (tertiary/aromatic N) is 2. The average Bonchev–Trinajstić information content (AvgIpc) is 3.24. The highest BCUT2D eigenvalue weighted by atomic mass is 19.4. The van der Waals surface area contributed by atoms with Crippen molar-refractivity contribution in [3.63, 3.8) is 0 Å². The van der Waals surface area contributed by atoms with Crippen LogP contribution in [0.4, 0.5) is 18.9 Å². The van der Waals surface area contributed by atoms with Crippen LogP contribution in [0.2, 0.25) is 0 Å². The summed E-state index contributed by atoms with van der Waals surface area (Å²) in [6.45, 7) is 3.80. The molecule has 2 saturated heterocycles. The minimum Gasteiger partial charge on any atom is -0.475 e. The van der Waals surface area contributed by atoms with Gasteiger partial charge in [0.15, 0.2) is 0 Å². The van der Waals surface area contributed by atoms with E-state index in [1.807, 2.05) is 18.2 Å². The van der Waals surface area contributed by atoms with E-state index in [9.17, 15) is 22.8 Å². The second-order valence-electron chi connectivity index (χ2n) is 10.1.